The first-order valence-electron chi connectivity index (χ1n) is 10.9. The number of amides is 2. The first-order chi connectivity index (χ1) is 14.3. The zero-order valence-electron chi connectivity index (χ0n) is 19.2. The van der Waals surface area contributed by atoms with Crippen LogP contribution in [0, 0.1) is 5.92 Å². The molecule has 4 rings (SSSR count). The number of nitrogens with one attached hydrogen (secondary N) is 2. The molecular formula is C23H34N2O5Si. The molecule has 0 saturated heterocycles. The Bertz CT molecular complexity index is 887. The maximum absolute atomic E-state index is 13.2. The van der Waals surface area contributed by atoms with Gasteiger partial charge in [0.25, 0.3) is 0 Å². The van der Waals surface area contributed by atoms with Gasteiger partial charge in [-0.15, -0.1) is 0 Å². The predicted octanol–water partition coefficient (Wildman–Crippen LogP) is 3.51. The molecule has 0 radical (unpaired) electrons. The van der Waals surface area contributed by atoms with Crippen LogP contribution in [0.15, 0.2) is 18.2 Å². The first-order valence-corrected chi connectivity index (χ1v) is 14.6. The van der Waals surface area contributed by atoms with E-state index in [0.717, 1.165) is 11.6 Å². The summed E-state index contributed by atoms with van der Waals surface area (Å²) in [5.74, 6) is -2.06. The molecule has 31 heavy (non-hydrogen) atoms. The van der Waals surface area contributed by atoms with E-state index in [1.165, 1.54) is 0 Å². The highest BCUT2D eigenvalue weighted by Gasteiger charge is 2.55. The van der Waals surface area contributed by atoms with Crippen LogP contribution in [0.25, 0.3) is 0 Å². The van der Waals surface area contributed by atoms with Crippen LogP contribution < -0.4 is 10.6 Å². The summed E-state index contributed by atoms with van der Waals surface area (Å²) in [4.78, 5) is 38.8. The summed E-state index contributed by atoms with van der Waals surface area (Å²) >= 11 is 0. The monoisotopic (exact) mass is 446 g/mol. The lowest BCUT2D eigenvalue weighted by Gasteiger charge is -2.47. The number of urea groups is 1. The largest absolute Gasteiger partial charge is 0.508 e. The van der Waals surface area contributed by atoms with Crippen molar-refractivity contribution in [1.29, 1.82) is 0 Å². The molecular weight excluding hydrogens is 412 g/mol. The molecule has 0 spiro atoms. The van der Waals surface area contributed by atoms with Gasteiger partial charge < -0.3 is 20.5 Å². The number of fused-ring (bicyclic) bond motifs is 2. The van der Waals surface area contributed by atoms with Crippen molar-refractivity contribution in [3.8, 4) is 5.75 Å². The minimum absolute atomic E-state index is 0.0321. The fourth-order valence-electron chi connectivity index (χ4n) is 4.53. The van der Waals surface area contributed by atoms with Crippen molar-refractivity contribution < 1.29 is 24.2 Å². The number of carbonyl (C=O) groups is 3. The summed E-state index contributed by atoms with van der Waals surface area (Å²) in [6.07, 6.45) is 0.231. The predicted molar refractivity (Wildman–Crippen MR) is 121 cm³/mol. The second-order valence-corrected chi connectivity index (χ2v) is 16.6. The number of phenolic OH excluding ortho intramolecular Hbond substituents is 1. The molecule has 4 atom stereocenters. The second-order valence-electron chi connectivity index (χ2n) is 10.9. The lowest BCUT2D eigenvalue weighted by Crippen LogP contribution is -2.60. The fourth-order valence-corrected chi connectivity index (χ4v) is 5.25. The third-order valence-corrected chi connectivity index (χ3v) is 7.61. The minimum Gasteiger partial charge on any atom is -0.508 e. The first kappa shape index (κ1) is 23.3. The van der Waals surface area contributed by atoms with E-state index in [2.05, 4.69) is 30.3 Å². The zero-order valence-corrected chi connectivity index (χ0v) is 20.2. The molecule has 0 aromatic heterocycles. The van der Waals surface area contributed by atoms with Crippen LogP contribution in [0.3, 0.4) is 0 Å². The van der Waals surface area contributed by atoms with E-state index < -0.39 is 37.5 Å². The van der Waals surface area contributed by atoms with Crippen LogP contribution in [0.4, 0.5) is 4.79 Å². The highest BCUT2D eigenvalue weighted by Crippen LogP contribution is 2.52. The Morgan fingerprint density at radius 2 is 1.87 bits per heavy atom. The van der Waals surface area contributed by atoms with Crippen LogP contribution in [-0.4, -0.2) is 49.2 Å². The molecule has 0 aliphatic heterocycles. The number of phenols is 1. The molecule has 3 aliphatic rings. The molecule has 1 aromatic carbocycles. The van der Waals surface area contributed by atoms with E-state index in [-0.39, 0.29) is 29.8 Å². The standard InChI is InChI=1S/C23H34N2O5Si/c1-23(2,3)25-22(29)24-20-18-15-11-13(26)7-8-14(15)16(12-17(18)27)19(20)21(28)30-9-10-31(4,5)6/h7-8,11,16,18-20,26H,9-10,12H2,1-6H3,(H2,24,25,29)/t16?,18-,19?,20-/m1/s1. The van der Waals surface area contributed by atoms with Gasteiger partial charge in [0, 0.05) is 26.0 Å². The van der Waals surface area contributed by atoms with Gasteiger partial charge in [-0.2, -0.15) is 0 Å². The molecule has 2 unspecified atom stereocenters. The SMILES string of the molecule is CC(C)(C)NC(=O)N[C@H]1C(C(=O)OCC[Si](C)(C)C)C2CC(=O)[C@H]1c1cc(O)ccc12. The second kappa shape index (κ2) is 8.30. The van der Waals surface area contributed by atoms with Gasteiger partial charge in [0.05, 0.1) is 24.5 Å². The number of carbonyl (C=O) groups excluding carboxylic acids is 3. The van der Waals surface area contributed by atoms with Crippen molar-refractivity contribution in [1.82, 2.24) is 10.6 Å². The number of hydrogen-bond acceptors (Lipinski definition) is 5. The zero-order chi connectivity index (χ0) is 23.1. The van der Waals surface area contributed by atoms with Crippen molar-refractivity contribution in [2.24, 2.45) is 5.92 Å². The van der Waals surface area contributed by atoms with Gasteiger partial charge in [-0.3, -0.25) is 9.59 Å². The molecule has 3 N–H and O–H groups in total. The van der Waals surface area contributed by atoms with E-state index in [1.54, 1.807) is 18.2 Å². The molecule has 170 valence electrons. The minimum atomic E-state index is -1.37. The van der Waals surface area contributed by atoms with Crippen molar-refractivity contribution in [2.45, 2.75) is 76.3 Å². The number of esters is 1. The molecule has 0 heterocycles. The van der Waals surface area contributed by atoms with Crippen LogP contribution in [0.5, 0.6) is 5.75 Å². The van der Waals surface area contributed by atoms with Gasteiger partial charge in [0.1, 0.15) is 11.5 Å². The van der Waals surface area contributed by atoms with Crippen LogP contribution in [-0.2, 0) is 14.3 Å². The van der Waals surface area contributed by atoms with E-state index in [0.29, 0.717) is 12.2 Å². The number of Topliss-reactive ketones (excluding diaryl/α,β-unsaturated/α-hetero) is 1. The van der Waals surface area contributed by atoms with E-state index in [9.17, 15) is 19.5 Å². The van der Waals surface area contributed by atoms with Gasteiger partial charge in [0.15, 0.2) is 0 Å². The van der Waals surface area contributed by atoms with Crippen molar-refractivity contribution in [3.05, 3.63) is 29.3 Å². The van der Waals surface area contributed by atoms with E-state index >= 15 is 0 Å². The highest BCUT2D eigenvalue weighted by atomic mass is 28.3. The van der Waals surface area contributed by atoms with E-state index in [1.807, 2.05) is 20.8 Å². The number of ketones is 1. The smallest absolute Gasteiger partial charge is 0.315 e. The molecule has 2 bridgehead atoms. The maximum atomic E-state index is 13.2. The highest BCUT2D eigenvalue weighted by molar-refractivity contribution is 6.76. The number of rotatable bonds is 5. The summed E-state index contributed by atoms with van der Waals surface area (Å²) < 4.78 is 5.66. The molecule has 1 aromatic rings. The number of aromatic hydroxyl groups is 1. The number of hydrogen-bond donors (Lipinski definition) is 3. The Hall–Kier alpha value is -2.35. The molecule has 1 saturated carbocycles. The van der Waals surface area contributed by atoms with Gasteiger partial charge in [-0.25, -0.2) is 4.79 Å². The maximum Gasteiger partial charge on any atom is 0.315 e. The molecule has 2 amide bonds. The van der Waals surface area contributed by atoms with Crippen molar-refractivity contribution in [3.63, 3.8) is 0 Å². The Kier molecular flexibility index (Phi) is 6.24. The fraction of sp³-hybridized carbons (Fsp3) is 0.609. The summed E-state index contributed by atoms with van der Waals surface area (Å²) in [7, 11) is -1.37. The van der Waals surface area contributed by atoms with Gasteiger partial charge in [-0.1, -0.05) is 25.7 Å². The lowest BCUT2D eigenvalue weighted by atomic mass is 9.58. The third-order valence-electron chi connectivity index (χ3n) is 5.91. The van der Waals surface area contributed by atoms with Gasteiger partial charge in [-0.05, 0) is 50.1 Å². The summed E-state index contributed by atoms with van der Waals surface area (Å²) in [6.45, 7) is 12.6. The normalized spacial score (nSPS) is 25.0. The van der Waals surface area contributed by atoms with Gasteiger partial charge in [0.2, 0.25) is 0 Å². The van der Waals surface area contributed by atoms with Crippen molar-refractivity contribution in [2.75, 3.05) is 6.61 Å². The molecule has 3 aliphatic carbocycles. The lowest BCUT2D eigenvalue weighted by molar-refractivity contribution is -0.152. The Morgan fingerprint density at radius 1 is 1.19 bits per heavy atom. The number of ether oxygens (including phenoxy) is 1. The van der Waals surface area contributed by atoms with Crippen LogP contribution >= 0.6 is 0 Å². The molecule has 1 fully saturated rings. The van der Waals surface area contributed by atoms with E-state index in [4.69, 9.17) is 4.74 Å². The summed E-state index contributed by atoms with van der Waals surface area (Å²) in [5.41, 5.74) is 1.10. The van der Waals surface area contributed by atoms with Gasteiger partial charge >= 0.3 is 12.0 Å². The number of benzene rings is 1. The average molecular weight is 447 g/mol. The topological polar surface area (TPSA) is 105 Å². The average Bonchev–Trinajstić information content (AvgIpc) is 2.58. The molecule has 7 nitrogen and oxygen atoms in total. The quantitative estimate of drug-likeness (QED) is 0.474. The van der Waals surface area contributed by atoms with Crippen LogP contribution in [0.2, 0.25) is 25.7 Å². The molecule has 8 heteroatoms. The Balaban J connectivity index is 1.92. The Morgan fingerprint density at radius 3 is 2.48 bits per heavy atom. The summed E-state index contributed by atoms with van der Waals surface area (Å²) in [5, 5.41) is 15.7. The Labute approximate surface area is 184 Å². The van der Waals surface area contributed by atoms with Crippen molar-refractivity contribution >= 4 is 25.9 Å². The third kappa shape index (κ3) is 5.29. The van der Waals surface area contributed by atoms with Crippen LogP contribution in [0.1, 0.15) is 50.2 Å². The summed E-state index contributed by atoms with van der Waals surface area (Å²) in [6, 6.07) is 4.63.